The number of aromatic nitrogens is 4. The van der Waals surface area contributed by atoms with Gasteiger partial charge in [0.15, 0.2) is 5.65 Å². The monoisotopic (exact) mass is 436 g/mol. The maximum Gasteiger partial charge on any atom is 0.332 e. The van der Waals surface area contributed by atoms with Gasteiger partial charge in [-0.25, -0.2) is 4.79 Å². The molecule has 0 spiro atoms. The molecule has 0 saturated carbocycles. The Bertz CT molecular complexity index is 1410. The minimum absolute atomic E-state index is 0.0304. The summed E-state index contributed by atoms with van der Waals surface area (Å²) in [6.45, 7) is 6.43. The molecule has 2 heterocycles. The average Bonchev–Trinajstić information content (AvgIpc) is 3.11. The first-order valence-corrected chi connectivity index (χ1v) is 11.0. The molecule has 0 aliphatic rings. The van der Waals surface area contributed by atoms with Crippen molar-refractivity contribution in [1.82, 2.24) is 18.9 Å². The number of hydrogen-bond acceptors (Lipinski definition) is 5. The highest BCUT2D eigenvalue weighted by atomic mass is 32.2. The van der Waals surface area contributed by atoms with E-state index in [9.17, 15) is 14.7 Å². The third-order valence-corrected chi connectivity index (χ3v) is 6.21. The molecule has 1 N–H and O–H groups in total. The van der Waals surface area contributed by atoms with Gasteiger partial charge in [0, 0.05) is 19.3 Å². The predicted octanol–water partition coefficient (Wildman–Crippen LogP) is 2.76. The van der Waals surface area contributed by atoms with Gasteiger partial charge >= 0.3 is 5.69 Å². The lowest BCUT2D eigenvalue weighted by atomic mass is 10.0. The molecule has 4 rings (SSSR count). The van der Waals surface area contributed by atoms with Crippen molar-refractivity contribution in [2.75, 3.05) is 12.4 Å². The molecule has 8 heteroatoms. The first-order valence-electron chi connectivity index (χ1n) is 9.97. The van der Waals surface area contributed by atoms with Gasteiger partial charge in [-0.15, -0.1) is 11.8 Å². The maximum absolute atomic E-state index is 13.0. The van der Waals surface area contributed by atoms with Gasteiger partial charge in [-0.05, 0) is 23.3 Å². The molecule has 0 aliphatic heterocycles. The van der Waals surface area contributed by atoms with Gasteiger partial charge in [0.1, 0.15) is 10.4 Å². The second kappa shape index (κ2) is 8.56. The largest absolute Gasteiger partial charge is 0.396 e. The summed E-state index contributed by atoms with van der Waals surface area (Å²) in [6, 6.07) is 14.2. The average molecular weight is 437 g/mol. The first-order chi connectivity index (χ1) is 14.9. The van der Waals surface area contributed by atoms with Gasteiger partial charge in [-0.1, -0.05) is 54.6 Å². The number of rotatable bonds is 7. The van der Waals surface area contributed by atoms with E-state index in [2.05, 4.69) is 24.8 Å². The summed E-state index contributed by atoms with van der Waals surface area (Å²) in [5, 5.41) is 17.4. The number of aliphatic hydroxyl groups excluding tert-OH is 1. The second-order valence-corrected chi connectivity index (χ2v) is 8.65. The molecule has 2 aromatic heterocycles. The van der Waals surface area contributed by atoms with Crippen molar-refractivity contribution in [3.05, 3.63) is 81.0 Å². The lowest BCUT2D eigenvalue weighted by Crippen LogP contribution is -2.38. The van der Waals surface area contributed by atoms with Crippen LogP contribution in [0.2, 0.25) is 0 Å². The molecular weight excluding hydrogens is 412 g/mol. The Kier molecular flexibility index (Phi) is 5.84. The van der Waals surface area contributed by atoms with Crippen LogP contribution in [0.15, 0.2) is 69.2 Å². The van der Waals surface area contributed by atoms with Crippen LogP contribution in [0.3, 0.4) is 0 Å². The molecule has 7 nitrogen and oxygen atoms in total. The van der Waals surface area contributed by atoms with E-state index in [0.29, 0.717) is 28.4 Å². The summed E-state index contributed by atoms with van der Waals surface area (Å²) >= 11 is 1.36. The molecule has 0 atom stereocenters. The number of allylic oxidation sites excluding steroid dienone is 1. The van der Waals surface area contributed by atoms with Crippen LogP contribution < -0.4 is 11.2 Å². The van der Waals surface area contributed by atoms with E-state index in [1.807, 2.05) is 31.2 Å². The summed E-state index contributed by atoms with van der Waals surface area (Å²) in [5.41, 5.74) is 1.38. The fourth-order valence-electron chi connectivity index (χ4n) is 3.74. The van der Waals surface area contributed by atoms with Gasteiger partial charge < -0.3 is 5.11 Å². The van der Waals surface area contributed by atoms with Gasteiger partial charge in [0.2, 0.25) is 0 Å². The third kappa shape index (κ3) is 3.84. The molecule has 160 valence electrons. The van der Waals surface area contributed by atoms with Crippen molar-refractivity contribution in [3.8, 4) is 0 Å². The molecule has 0 radical (unpaired) electrons. The van der Waals surface area contributed by atoms with E-state index in [1.54, 1.807) is 4.68 Å². The highest BCUT2D eigenvalue weighted by Crippen LogP contribution is 2.28. The normalized spacial score (nSPS) is 11.5. The molecular formula is C23H24N4O3S. The summed E-state index contributed by atoms with van der Waals surface area (Å²) in [6.07, 6.45) is 0. The van der Waals surface area contributed by atoms with Crippen LogP contribution in [0.25, 0.3) is 21.8 Å². The van der Waals surface area contributed by atoms with Crippen LogP contribution in [0.1, 0.15) is 12.5 Å². The molecule has 0 amide bonds. The minimum atomic E-state index is -0.422. The summed E-state index contributed by atoms with van der Waals surface area (Å²) in [4.78, 5) is 25.8. The van der Waals surface area contributed by atoms with E-state index < -0.39 is 5.69 Å². The van der Waals surface area contributed by atoms with Crippen LogP contribution in [-0.4, -0.2) is 36.4 Å². The molecule has 0 bridgehead atoms. The Balaban J connectivity index is 1.98. The first kappa shape index (κ1) is 21.1. The van der Waals surface area contributed by atoms with E-state index in [1.165, 1.54) is 23.4 Å². The Hall–Kier alpha value is -3.10. The molecule has 0 fully saturated rings. The predicted molar refractivity (Wildman–Crippen MR) is 125 cm³/mol. The van der Waals surface area contributed by atoms with Gasteiger partial charge in [0.05, 0.1) is 13.2 Å². The van der Waals surface area contributed by atoms with Crippen LogP contribution in [0.4, 0.5) is 0 Å². The van der Waals surface area contributed by atoms with Crippen molar-refractivity contribution in [3.63, 3.8) is 0 Å². The zero-order valence-electron chi connectivity index (χ0n) is 17.5. The summed E-state index contributed by atoms with van der Waals surface area (Å²) in [5.74, 6) is 0.416. The zero-order valence-corrected chi connectivity index (χ0v) is 18.4. The Morgan fingerprint density at radius 2 is 1.90 bits per heavy atom. The van der Waals surface area contributed by atoms with Gasteiger partial charge in [-0.3, -0.25) is 18.6 Å². The van der Waals surface area contributed by atoms with E-state index in [0.717, 1.165) is 26.5 Å². The molecule has 2 aromatic carbocycles. The molecule has 31 heavy (non-hydrogen) atoms. The lowest BCUT2D eigenvalue weighted by molar-refractivity contribution is 0.322. The lowest BCUT2D eigenvalue weighted by Gasteiger charge is -2.10. The molecule has 4 aromatic rings. The smallest absolute Gasteiger partial charge is 0.332 e. The number of hydrogen-bond donors (Lipinski definition) is 1. The number of aliphatic hydroxyl groups is 1. The standard InChI is InChI=1S/C23H24N4O3S/c1-15(2)13-26-20-19(21(29)25(3)23(26)30)22(31-12-11-28)27(24-20)14-17-9-6-8-16-7-4-5-10-18(16)17/h4-10,28H,1,11-14H2,2-3H3. The third-order valence-electron chi connectivity index (χ3n) is 5.14. The van der Waals surface area contributed by atoms with Crippen LogP contribution >= 0.6 is 11.8 Å². The topological polar surface area (TPSA) is 82.0 Å². The zero-order chi connectivity index (χ0) is 22.1. The number of benzene rings is 2. The molecule has 0 saturated heterocycles. The van der Waals surface area contributed by atoms with Crippen LogP contribution in [0.5, 0.6) is 0 Å². The number of nitrogens with zero attached hydrogens (tertiary/aromatic N) is 4. The Labute approximate surface area is 183 Å². The summed E-state index contributed by atoms with van der Waals surface area (Å²) < 4.78 is 4.36. The van der Waals surface area contributed by atoms with Crippen LogP contribution in [-0.2, 0) is 20.1 Å². The highest BCUT2D eigenvalue weighted by molar-refractivity contribution is 7.99. The van der Waals surface area contributed by atoms with Gasteiger partial charge in [0.25, 0.3) is 5.56 Å². The van der Waals surface area contributed by atoms with Crippen molar-refractivity contribution in [1.29, 1.82) is 0 Å². The number of fused-ring (bicyclic) bond motifs is 2. The van der Waals surface area contributed by atoms with E-state index >= 15 is 0 Å². The van der Waals surface area contributed by atoms with E-state index in [4.69, 9.17) is 5.10 Å². The van der Waals surface area contributed by atoms with E-state index in [-0.39, 0.29) is 18.7 Å². The SMILES string of the molecule is C=C(C)Cn1c(=O)n(C)c(=O)c2c(SCCO)n(Cc3cccc4ccccc34)nc21. The second-order valence-electron chi connectivity index (χ2n) is 7.56. The fraction of sp³-hybridized carbons (Fsp3) is 0.261. The highest BCUT2D eigenvalue weighted by Gasteiger charge is 2.22. The van der Waals surface area contributed by atoms with Crippen LogP contribution in [0, 0.1) is 0 Å². The van der Waals surface area contributed by atoms with Crippen molar-refractivity contribution in [2.24, 2.45) is 7.05 Å². The maximum atomic E-state index is 13.0. The number of thioether (sulfide) groups is 1. The van der Waals surface area contributed by atoms with Crippen molar-refractivity contribution >= 4 is 33.6 Å². The van der Waals surface area contributed by atoms with Gasteiger partial charge in [-0.2, -0.15) is 5.10 Å². The van der Waals surface area contributed by atoms with Crippen molar-refractivity contribution in [2.45, 2.75) is 25.0 Å². The van der Waals surface area contributed by atoms with Crippen molar-refractivity contribution < 1.29 is 5.11 Å². The molecule has 0 unspecified atom stereocenters. The Morgan fingerprint density at radius 3 is 2.65 bits per heavy atom. The Morgan fingerprint density at radius 1 is 1.16 bits per heavy atom. The quantitative estimate of drug-likeness (QED) is 0.356. The fourth-order valence-corrected chi connectivity index (χ4v) is 4.60. The molecule has 0 aliphatic carbocycles. The summed E-state index contributed by atoms with van der Waals surface area (Å²) in [7, 11) is 1.47. The minimum Gasteiger partial charge on any atom is -0.396 e.